The van der Waals surface area contributed by atoms with Crippen LogP contribution in [-0.2, 0) is 6.54 Å². The van der Waals surface area contributed by atoms with Gasteiger partial charge in [-0.3, -0.25) is 0 Å². The van der Waals surface area contributed by atoms with Crippen molar-refractivity contribution in [1.82, 2.24) is 4.57 Å². The Balaban J connectivity index is 1.34. The highest BCUT2D eigenvalue weighted by Crippen LogP contribution is 2.56. The maximum absolute atomic E-state index is 2.50. The zero-order chi connectivity index (χ0) is 32.0. The molecule has 230 valence electrons. The van der Waals surface area contributed by atoms with Crippen molar-refractivity contribution in [3.8, 4) is 0 Å². The van der Waals surface area contributed by atoms with E-state index in [2.05, 4.69) is 186 Å². The van der Waals surface area contributed by atoms with Crippen molar-refractivity contribution in [3.05, 3.63) is 198 Å². The molecule has 2 aliphatic rings. The summed E-state index contributed by atoms with van der Waals surface area (Å²) in [6.45, 7) is 4.05. The first kappa shape index (κ1) is 28.4. The van der Waals surface area contributed by atoms with Gasteiger partial charge < -0.3 is 9.47 Å². The lowest BCUT2D eigenvalue weighted by Crippen LogP contribution is -2.22. The van der Waals surface area contributed by atoms with Gasteiger partial charge in [0.2, 0.25) is 0 Å². The van der Waals surface area contributed by atoms with Gasteiger partial charge in [0.05, 0.1) is 0 Å². The molecule has 1 unspecified atom stereocenters. The number of aromatic nitrogens is 1. The van der Waals surface area contributed by atoms with Crippen molar-refractivity contribution >= 4 is 49.8 Å². The minimum Gasteiger partial charge on any atom is -0.347 e. The van der Waals surface area contributed by atoms with Crippen molar-refractivity contribution in [1.29, 1.82) is 0 Å². The molecule has 1 atom stereocenters. The molecule has 2 heterocycles. The molecule has 0 amide bonds. The van der Waals surface area contributed by atoms with Crippen molar-refractivity contribution in [2.24, 2.45) is 5.92 Å². The van der Waals surface area contributed by atoms with E-state index in [-0.39, 0.29) is 5.92 Å². The number of hydrogen-bond donors (Lipinski definition) is 0. The molecule has 6 aromatic carbocycles. The van der Waals surface area contributed by atoms with Crippen molar-refractivity contribution in [2.75, 3.05) is 11.4 Å². The van der Waals surface area contributed by atoms with Gasteiger partial charge in [-0.1, -0.05) is 140 Å². The first-order valence-electron chi connectivity index (χ1n) is 17.0. The van der Waals surface area contributed by atoms with E-state index in [0.717, 1.165) is 13.1 Å². The smallest absolute Gasteiger partial charge is 0.0492 e. The normalized spacial score (nSPS) is 16.1. The van der Waals surface area contributed by atoms with Crippen LogP contribution in [0.5, 0.6) is 0 Å². The average Bonchev–Trinajstić information content (AvgIpc) is 3.74. The summed E-state index contributed by atoms with van der Waals surface area (Å²) in [7, 11) is 0. The Morgan fingerprint density at radius 2 is 1.02 bits per heavy atom. The second kappa shape index (κ2) is 11.7. The van der Waals surface area contributed by atoms with Crippen LogP contribution in [0.15, 0.2) is 176 Å². The highest BCUT2D eigenvalue weighted by molar-refractivity contribution is 6.27. The van der Waals surface area contributed by atoms with Crippen molar-refractivity contribution in [2.45, 2.75) is 13.5 Å². The van der Waals surface area contributed by atoms with Crippen LogP contribution in [0.3, 0.4) is 0 Å². The fraction of sp³-hybridized carbons (Fsp3) is 0.0870. The number of allylic oxidation sites excluding steroid dienone is 3. The molecular weight excluding hydrogens is 581 g/mol. The Morgan fingerprint density at radius 3 is 1.65 bits per heavy atom. The average molecular weight is 617 g/mol. The first-order valence-corrected chi connectivity index (χ1v) is 17.0. The van der Waals surface area contributed by atoms with Gasteiger partial charge in [0.1, 0.15) is 0 Å². The Labute approximate surface area is 282 Å². The number of rotatable bonds is 6. The van der Waals surface area contributed by atoms with Gasteiger partial charge >= 0.3 is 0 Å². The van der Waals surface area contributed by atoms with Gasteiger partial charge in [-0.15, -0.1) is 0 Å². The van der Waals surface area contributed by atoms with E-state index >= 15 is 0 Å². The minimum atomic E-state index is 0.179. The van der Waals surface area contributed by atoms with Crippen LogP contribution in [-0.4, -0.2) is 11.1 Å². The lowest BCUT2D eigenvalue weighted by atomic mass is 9.69. The molecule has 1 aliphatic carbocycles. The van der Waals surface area contributed by atoms with Crippen LogP contribution in [0.2, 0.25) is 0 Å². The van der Waals surface area contributed by atoms with Crippen molar-refractivity contribution in [3.63, 3.8) is 0 Å². The Morgan fingerprint density at radius 1 is 0.500 bits per heavy atom. The Bertz CT molecular complexity index is 2380. The molecule has 1 aliphatic heterocycles. The molecule has 0 saturated heterocycles. The summed E-state index contributed by atoms with van der Waals surface area (Å²) in [5.74, 6) is 0.179. The number of fused-ring (bicyclic) bond motifs is 4. The minimum absolute atomic E-state index is 0.179. The summed E-state index contributed by atoms with van der Waals surface area (Å²) < 4.78 is 2.43. The third kappa shape index (κ3) is 4.56. The van der Waals surface area contributed by atoms with E-state index in [0.29, 0.717) is 0 Å². The van der Waals surface area contributed by atoms with Crippen LogP contribution in [0.4, 0.5) is 5.69 Å². The Kier molecular flexibility index (Phi) is 6.94. The van der Waals surface area contributed by atoms with Gasteiger partial charge in [0.15, 0.2) is 0 Å². The molecule has 48 heavy (non-hydrogen) atoms. The monoisotopic (exact) mass is 616 g/mol. The third-order valence-electron chi connectivity index (χ3n) is 10.1. The van der Waals surface area contributed by atoms with Gasteiger partial charge in [0, 0.05) is 52.7 Å². The van der Waals surface area contributed by atoms with E-state index in [9.17, 15) is 0 Å². The summed E-state index contributed by atoms with van der Waals surface area (Å²) >= 11 is 0. The third-order valence-corrected chi connectivity index (χ3v) is 10.1. The number of para-hydroxylation sites is 1. The van der Waals surface area contributed by atoms with Crippen LogP contribution >= 0.6 is 0 Å². The molecule has 2 heteroatoms. The van der Waals surface area contributed by atoms with E-state index in [1.807, 2.05) is 0 Å². The summed E-state index contributed by atoms with van der Waals surface area (Å²) in [6, 6.07) is 59.9. The molecule has 2 nitrogen and oxygen atoms in total. The van der Waals surface area contributed by atoms with Crippen LogP contribution in [0.1, 0.15) is 29.2 Å². The predicted molar refractivity (Wildman–Crippen MR) is 203 cm³/mol. The highest BCUT2D eigenvalue weighted by Gasteiger charge is 2.40. The molecule has 9 rings (SSSR count). The second-order valence-electron chi connectivity index (χ2n) is 12.8. The maximum atomic E-state index is 2.50. The zero-order valence-corrected chi connectivity index (χ0v) is 27.1. The molecule has 0 bridgehead atoms. The number of anilines is 1. The SMILES string of the molecule is CCn1c2ccccc2c2cc(N3C=C4C(c5ccccc5)=C(c5ccccc5)C(c5ccccc5)=C(c5ccccc5)C4C3)ccc21. The fourth-order valence-electron chi connectivity index (χ4n) is 8.09. The number of benzene rings is 6. The predicted octanol–water partition coefficient (Wildman–Crippen LogP) is 11.4. The molecular formula is C46H36N2. The van der Waals surface area contributed by atoms with Crippen LogP contribution in [0.25, 0.3) is 44.1 Å². The molecule has 0 radical (unpaired) electrons. The molecule has 0 N–H and O–H groups in total. The zero-order valence-electron chi connectivity index (χ0n) is 27.1. The first-order chi connectivity index (χ1) is 23.8. The summed E-state index contributed by atoms with van der Waals surface area (Å²) in [4.78, 5) is 2.50. The summed E-state index contributed by atoms with van der Waals surface area (Å²) in [5, 5.41) is 2.62. The highest BCUT2D eigenvalue weighted by atomic mass is 15.1. The summed E-state index contributed by atoms with van der Waals surface area (Å²) in [5.41, 5.74) is 15.5. The molecule has 7 aromatic rings. The van der Waals surface area contributed by atoms with Gasteiger partial charge in [-0.2, -0.15) is 0 Å². The van der Waals surface area contributed by atoms with E-state index in [4.69, 9.17) is 0 Å². The Hall–Kier alpha value is -5.86. The molecule has 0 fully saturated rings. The van der Waals surface area contributed by atoms with Crippen LogP contribution < -0.4 is 4.90 Å². The van der Waals surface area contributed by atoms with E-state index < -0.39 is 0 Å². The number of hydrogen-bond acceptors (Lipinski definition) is 1. The molecule has 0 saturated carbocycles. The van der Waals surface area contributed by atoms with E-state index in [1.54, 1.807) is 0 Å². The quantitative estimate of drug-likeness (QED) is 0.180. The number of aryl methyl sites for hydroxylation is 1. The van der Waals surface area contributed by atoms with Crippen LogP contribution in [0, 0.1) is 5.92 Å². The van der Waals surface area contributed by atoms with Gasteiger partial charge in [-0.05, 0) is 81.3 Å². The van der Waals surface area contributed by atoms with E-state index in [1.165, 1.54) is 77.6 Å². The fourth-order valence-corrected chi connectivity index (χ4v) is 8.09. The van der Waals surface area contributed by atoms with Crippen molar-refractivity contribution < 1.29 is 0 Å². The summed E-state index contributed by atoms with van der Waals surface area (Å²) in [6.07, 6.45) is 2.45. The largest absolute Gasteiger partial charge is 0.347 e. The maximum Gasteiger partial charge on any atom is 0.0492 e. The standard InChI is InChI=1S/C46H36N2/c1-2-48-41-26-16-15-25-37(41)38-29-36(27-28-42(38)48)47-30-39-40(31-47)44(33-19-9-4-10-20-33)46(35-23-13-6-14-24-35)45(34-21-11-5-12-22-34)43(39)32-17-7-3-8-18-32/h3-30,40H,2,31H2,1H3. The van der Waals surface area contributed by atoms with Gasteiger partial charge in [-0.25, -0.2) is 0 Å². The lowest BCUT2D eigenvalue weighted by Gasteiger charge is -2.34. The topological polar surface area (TPSA) is 8.17 Å². The molecule has 0 spiro atoms. The lowest BCUT2D eigenvalue weighted by molar-refractivity contribution is 0.826. The second-order valence-corrected chi connectivity index (χ2v) is 12.8. The molecule has 1 aromatic heterocycles. The number of nitrogens with zero attached hydrogens (tertiary/aromatic N) is 2. The van der Waals surface area contributed by atoms with Gasteiger partial charge in [0.25, 0.3) is 0 Å².